The van der Waals surface area contributed by atoms with Crippen molar-refractivity contribution in [1.82, 2.24) is 19.9 Å². The molecular weight excluding hydrogens is 332 g/mol. The summed E-state index contributed by atoms with van der Waals surface area (Å²) in [6.45, 7) is 4.66. The number of piperidine rings is 1. The molecule has 0 spiro atoms. The van der Waals surface area contributed by atoms with Gasteiger partial charge in [-0.05, 0) is 31.9 Å². The van der Waals surface area contributed by atoms with Gasteiger partial charge in [-0.25, -0.2) is 0 Å². The molecule has 0 unspecified atom stereocenters. The van der Waals surface area contributed by atoms with E-state index in [-0.39, 0.29) is 6.54 Å². The topological polar surface area (TPSA) is 82.7 Å². The van der Waals surface area contributed by atoms with Crippen LogP contribution in [-0.4, -0.2) is 63.7 Å². The second kappa shape index (κ2) is 8.42. The maximum Gasteiger partial charge on any atom is 0.317 e. The monoisotopic (exact) mass is 358 g/mol. The molecule has 140 valence electrons. The normalized spacial score (nSPS) is 16.3. The standard InChI is InChI=1S/C19H26N4O3/c1-3-14-4-6-15(7-5-14)19-20-17(26-21-19)12-23-10-8-16(9-11-23)22(2)13-18(24)25/h4-7,16H,3,8-13H2,1-2H3,(H,24,25). The maximum absolute atomic E-state index is 10.8. The van der Waals surface area contributed by atoms with Gasteiger partial charge < -0.3 is 9.63 Å². The zero-order valence-corrected chi connectivity index (χ0v) is 15.4. The Morgan fingerprint density at radius 3 is 2.62 bits per heavy atom. The lowest BCUT2D eigenvalue weighted by atomic mass is 10.0. The number of aliphatic carboxylic acids is 1. The van der Waals surface area contributed by atoms with Gasteiger partial charge in [-0.2, -0.15) is 4.98 Å². The molecule has 1 saturated heterocycles. The first-order chi connectivity index (χ1) is 12.5. The fourth-order valence-electron chi connectivity index (χ4n) is 3.38. The van der Waals surface area contributed by atoms with Gasteiger partial charge in [0, 0.05) is 24.7 Å². The smallest absolute Gasteiger partial charge is 0.317 e. The summed E-state index contributed by atoms with van der Waals surface area (Å²) in [6.07, 6.45) is 2.90. The van der Waals surface area contributed by atoms with Crippen molar-refractivity contribution in [2.45, 2.75) is 38.8 Å². The van der Waals surface area contributed by atoms with E-state index in [0.29, 0.717) is 24.3 Å². The van der Waals surface area contributed by atoms with Gasteiger partial charge in [0.25, 0.3) is 0 Å². The van der Waals surface area contributed by atoms with E-state index in [9.17, 15) is 4.79 Å². The quantitative estimate of drug-likeness (QED) is 0.813. The van der Waals surface area contributed by atoms with Gasteiger partial charge in [0.1, 0.15) is 0 Å². The van der Waals surface area contributed by atoms with Gasteiger partial charge in [-0.15, -0.1) is 0 Å². The van der Waals surface area contributed by atoms with Crippen LogP contribution in [0, 0.1) is 0 Å². The summed E-state index contributed by atoms with van der Waals surface area (Å²) in [6, 6.07) is 8.54. The largest absolute Gasteiger partial charge is 0.480 e. The van der Waals surface area contributed by atoms with E-state index < -0.39 is 5.97 Å². The highest BCUT2D eigenvalue weighted by Gasteiger charge is 2.24. The molecule has 7 nitrogen and oxygen atoms in total. The molecule has 1 aromatic heterocycles. The van der Waals surface area contributed by atoms with Gasteiger partial charge in [0.05, 0.1) is 13.1 Å². The number of aryl methyl sites for hydroxylation is 1. The molecule has 0 radical (unpaired) electrons. The Morgan fingerprint density at radius 1 is 1.31 bits per heavy atom. The number of carboxylic acid groups (broad SMARTS) is 1. The van der Waals surface area contributed by atoms with E-state index in [4.69, 9.17) is 9.63 Å². The van der Waals surface area contributed by atoms with Crippen LogP contribution in [0.15, 0.2) is 28.8 Å². The Labute approximate surface area is 153 Å². The summed E-state index contributed by atoms with van der Waals surface area (Å²) in [5.41, 5.74) is 2.25. The van der Waals surface area contributed by atoms with Crippen molar-refractivity contribution >= 4 is 5.97 Å². The SMILES string of the molecule is CCc1ccc(-c2noc(CN3CCC(N(C)CC(=O)O)CC3)n2)cc1. The molecule has 2 heterocycles. The van der Waals surface area contributed by atoms with Gasteiger partial charge >= 0.3 is 5.97 Å². The van der Waals surface area contributed by atoms with Crippen molar-refractivity contribution in [1.29, 1.82) is 0 Å². The van der Waals surface area contributed by atoms with Crippen LogP contribution in [0.4, 0.5) is 0 Å². The highest BCUT2D eigenvalue weighted by Crippen LogP contribution is 2.20. The second-order valence-electron chi connectivity index (χ2n) is 6.88. The molecule has 3 rings (SSSR count). The Morgan fingerprint density at radius 2 is 2.00 bits per heavy atom. The zero-order chi connectivity index (χ0) is 18.5. The molecular formula is C19H26N4O3. The zero-order valence-electron chi connectivity index (χ0n) is 15.4. The lowest BCUT2D eigenvalue weighted by molar-refractivity contribution is -0.138. The van der Waals surface area contributed by atoms with Crippen molar-refractivity contribution in [3.05, 3.63) is 35.7 Å². The minimum absolute atomic E-state index is 0.0918. The first-order valence-electron chi connectivity index (χ1n) is 9.11. The lowest BCUT2D eigenvalue weighted by Gasteiger charge is -2.35. The van der Waals surface area contributed by atoms with Crippen LogP contribution in [0.2, 0.25) is 0 Å². The second-order valence-corrected chi connectivity index (χ2v) is 6.88. The molecule has 0 atom stereocenters. The first-order valence-corrected chi connectivity index (χ1v) is 9.11. The summed E-state index contributed by atoms with van der Waals surface area (Å²) >= 11 is 0. The van der Waals surface area contributed by atoms with Crippen molar-refractivity contribution in [3.63, 3.8) is 0 Å². The number of likely N-dealkylation sites (tertiary alicyclic amines) is 1. The number of hydrogen-bond acceptors (Lipinski definition) is 6. The molecule has 1 aliphatic rings. The Kier molecular flexibility index (Phi) is 6.00. The van der Waals surface area contributed by atoms with Gasteiger partial charge in [0.15, 0.2) is 0 Å². The predicted octanol–water partition coefficient (Wildman–Crippen LogP) is 2.28. The van der Waals surface area contributed by atoms with E-state index in [1.807, 2.05) is 24.1 Å². The van der Waals surface area contributed by atoms with Crippen LogP contribution in [-0.2, 0) is 17.8 Å². The van der Waals surface area contributed by atoms with E-state index in [0.717, 1.165) is 37.9 Å². The highest BCUT2D eigenvalue weighted by molar-refractivity contribution is 5.69. The highest BCUT2D eigenvalue weighted by atomic mass is 16.5. The van der Waals surface area contributed by atoms with Crippen molar-refractivity contribution in [2.75, 3.05) is 26.7 Å². The van der Waals surface area contributed by atoms with Crippen LogP contribution in [0.3, 0.4) is 0 Å². The summed E-state index contributed by atoms with van der Waals surface area (Å²) in [7, 11) is 1.88. The number of carboxylic acids is 1. The summed E-state index contributed by atoms with van der Waals surface area (Å²) in [5.74, 6) is 0.468. The average Bonchev–Trinajstić information content (AvgIpc) is 3.10. The first kappa shape index (κ1) is 18.5. The minimum atomic E-state index is -0.778. The summed E-state index contributed by atoms with van der Waals surface area (Å²) in [5, 5.41) is 13.0. The van der Waals surface area contributed by atoms with Gasteiger partial charge in [-0.1, -0.05) is 36.3 Å². The fraction of sp³-hybridized carbons (Fsp3) is 0.526. The fourth-order valence-corrected chi connectivity index (χ4v) is 3.38. The van der Waals surface area contributed by atoms with Crippen molar-refractivity contribution in [3.8, 4) is 11.4 Å². The van der Waals surface area contributed by atoms with Crippen LogP contribution >= 0.6 is 0 Å². The van der Waals surface area contributed by atoms with Crippen LogP contribution in [0.25, 0.3) is 11.4 Å². The van der Waals surface area contributed by atoms with Crippen LogP contribution in [0.5, 0.6) is 0 Å². The number of aromatic nitrogens is 2. The molecule has 26 heavy (non-hydrogen) atoms. The Balaban J connectivity index is 1.53. The number of likely N-dealkylation sites (N-methyl/N-ethyl adjacent to an activating group) is 1. The molecule has 0 bridgehead atoms. The molecule has 0 amide bonds. The number of benzene rings is 1. The van der Waals surface area contributed by atoms with Crippen LogP contribution in [0.1, 0.15) is 31.2 Å². The molecule has 2 aromatic rings. The van der Waals surface area contributed by atoms with E-state index in [2.05, 4.69) is 34.1 Å². The van der Waals surface area contributed by atoms with Crippen molar-refractivity contribution < 1.29 is 14.4 Å². The van der Waals surface area contributed by atoms with E-state index >= 15 is 0 Å². The third kappa shape index (κ3) is 4.68. The third-order valence-corrected chi connectivity index (χ3v) is 5.01. The summed E-state index contributed by atoms with van der Waals surface area (Å²) in [4.78, 5) is 19.6. The number of rotatable bonds is 7. The number of nitrogens with zero attached hydrogens (tertiary/aromatic N) is 4. The molecule has 1 aromatic carbocycles. The molecule has 7 heteroatoms. The van der Waals surface area contributed by atoms with Gasteiger partial charge in [0.2, 0.25) is 11.7 Å². The van der Waals surface area contributed by atoms with Gasteiger partial charge in [-0.3, -0.25) is 14.6 Å². The molecule has 1 aliphatic heterocycles. The molecule has 1 fully saturated rings. The Hall–Kier alpha value is -2.25. The minimum Gasteiger partial charge on any atom is -0.480 e. The Bertz CT molecular complexity index is 721. The average molecular weight is 358 g/mol. The third-order valence-electron chi connectivity index (χ3n) is 5.01. The summed E-state index contributed by atoms with van der Waals surface area (Å²) < 4.78 is 5.41. The van der Waals surface area contributed by atoms with E-state index in [1.165, 1.54) is 5.56 Å². The predicted molar refractivity (Wildman–Crippen MR) is 97.7 cm³/mol. The van der Waals surface area contributed by atoms with Crippen LogP contribution < -0.4 is 0 Å². The van der Waals surface area contributed by atoms with Crippen molar-refractivity contribution in [2.24, 2.45) is 0 Å². The van der Waals surface area contributed by atoms with E-state index in [1.54, 1.807) is 0 Å². The maximum atomic E-state index is 10.8. The molecule has 0 saturated carbocycles. The number of hydrogen-bond donors (Lipinski definition) is 1. The lowest BCUT2D eigenvalue weighted by Crippen LogP contribution is -2.44. The molecule has 1 N–H and O–H groups in total. The number of carbonyl (C=O) groups is 1. The molecule has 0 aliphatic carbocycles.